The number of likely N-dealkylation sites (N-methyl/N-ethyl adjacent to an activating group) is 1. The molecular weight excluding hydrogens is 262 g/mol. The summed E-state index contributed by atoms with van der Waals surface area (Å²) in [7, 11) is 0. The summed E-state index contributed by atoms with van der Waals surface area (Å²) >= 11 is 0. The molecule has 0 amide bonds. The van der Waals surface area contributed by atoms with Gasteiger partial charge in [0, 0.05) is 43.9 Å². The van der Waals surface area contributed by atoms with Crippen molar-refractivity contribution in [3.8, 4) is 0 Å². The van der Waals surface area contributed by atoms with Gasteiger partial charge in [0.25, 0.3) is 0 Å². The SMILES string of the molecule is CCN1CCc2nc(N3CCC(CN)CC3)nc(C)c2C1. The van der Waals surface area contributed by atoms with Gasteiger partial charge >= 0.3 is 0 Å². The lowest BCUT2D eigenvalue weighted by Crippen LogP contribution is -2.38. The lowest BCUT2D eigenvalue weighted by atomic mass is 9.97. The molecule has 1 aromatic rings. The van der Waals surface area contributed by atoms with Gasteiger partial charge in [-0.3, -0.25) is 4.90 Å². The molecule has 3 heterocycles. The summed E-state index contributed by atoms with van der Waals surface area (Å²) in [5, 5.41) is 0. The summed E-state index contributed by atoms with van der Waals surface area (Å²) in [5.74, 6) is 1.62. The molecule has 0 aromatic carbocycles. The Hall–Kier alpha value is -1.20. The van der Waals surface area contributed by atoms with Gasteiger partial charge in [0.15, 0.2) is 0 Å². The van der Waals surface area contributed by atoms with Crippen LogP contribution in [-0.2, 0) is 13.0 Å². The first kappa shape index (κ1) is 14.7. The number of aryl methyl sites for hydroxylation is 1. The molecule has 3 rings (SSSR count). The average Bonchev–Trinajstić information content (AvgIpc) is 2.54. The van der Waals surface area contributed by atoms with Crippen LogP contribution in [0.1, 0.15) is 36.7 Å². The van der Waals surface area contributed by atoms with Crippen molar-refractivity contribution >= 4 is 5.95 Å². The first-order chi connectivity index (χ1) is 10.2. The number of nitrogens with zero attached hydrogens (tertiary/aromatic N) is 4. The topological polar surface area (TPSA) is 58.3 Å². The zero-order valence-corrected chi connectivity index (χ0v) is 13.3. The average molecular weight is 289 g/mol. The van der Waals surface area contributed by atoms with Gasteiger partial charge in [-0.2, -0.15) is 0 Å². The van der Waals surface area contributed by atoms with E-state index < -0.39 is 0 Å². The Morgan fingerprint density at radius 3 is 2.62 bits per heavy atom. The summed E-state index contributed by atoms with van der Waals surface area (Å²) in [6.07, 6.45) is 3.39. The van der Waals surface area contributed by atoms with Crippen molar-refractivity contribution in [1.82, 2.24) is 14.9 Å². The highest BCUT2D eigenvalue weighted by Crippen LogP contribution is 2.25. The van der Waals surface area contributed by atoms with E-state index in [4.69, 9.17) is 15.7 Å². The third-order valence-electron chi connectivity index (χ3n) is 5.01. The van der Waals surface area contributed by atoms with E-state index in [-0.39, 0.29) is 0 Å². The number of nitrogens with two attached hydrogens (primary N) is 1. The highest BCUT2D eigenvalue weighted by molar-refractivity contribution is 5.38. The van der Waals surface area contributed by atoms with E-state index >= 15 is 0 Å². The van der Waals surface area contributed by atoms with Crippen LogP contribution in [0.25, 0.3) is 0 Å². The van der Waals surface area contributed by atoms with Crippen molar-refractivity contribution in [3.05, 3.63) is 17.0 Å². The highest BCUT2D eigenvalue weighted by Gasteiger charge is 2.24. The van der Waals surface area contributed by atoms with Gasteiger partial charge < -0.3 is 10.6 Å². The van der Waals surface area contributed by atoms with E-state index in [0.29, 0.717) is 5.92 Å². The number of fused-ring (bicyclic) bond motifs is 1. The van der Waals surface area contributed by atoms with Crippen LogP contribution in [0.3, 0.4) is 0 Å². The Balaban J connectivity index is 1.78. The molecule has 0 atom stereocenters. The lowest BCUT2D eigenvalue weighted by molar-refractivity contribution is 0.264. The fourth-order valence-electron chi connectivity index (χ4n) is 3.40. The molecule has 0 aliphatic carbocycles. The molecule has 21 heavy (non-hydrogen) atoms. The first-order valence-corrected chi connectivity index (χ1v) is 8.25. The van der Waals surface area contributed by atoms with E-state index in [1.54, 1.807) is 0 Å². The van der Waals surface area contributed by atoms with Crippen LogP contribution in [0.15, 0.2) is 0 Å². The molecule has 1 saturated heterocycles. The second-order valence-electron chi connectivity index (χ2n) is 6.32. The van der Waals surface area contributed by atoms with Crippen molar-refractivity contribution in [2.75, 3.05) is 37.6 Å². The van der Waals surface area contributed by atoms with Gasteiger partial charge in [0.2, 0.25) is 5.95 Å². The summed E-state index contributed by atoms with van der Waals surface area (Å²) in [5.41, 5.74) is 9.55. The molecule has 0 unspecified atom stereocenters. The Morgan fingerprint density at radius 1 is 1.19 bits per heavy atom. The Morgan fingerprint density at radius 2 is 1.95 bits per heavy atom. The number of hydrogen-bond acceptors (Lipinski definition) is 5. The third kappa shape index (κ3) is 3.04. The third-order valence-corrected chi connectivity index (χ3v) is 5.01. The van der Waals surface area contributed by atoms with Crippen LogP contribution < -0.4 is 10.6 Å². The van der Waals surface area contributed by atoms with E-state index in [1.165, 1.54) is 24.1 Å². The van der Waals surface area contributed by atoms with Gasteiger partial charge in [0.05, 0.1) is 5.69 Å². The molecule has 2 aliphatic rings. The number of hydrogen-bond donors (Lipinski definition) is 1. The summed E-state index contributed by atoms with van der Waals surface area (Å²) in [6.45, 7) is 10.5. The Bertz CT molecular complexity index is 494. The minimum absolute atomic E-state index is 0.679. The van der Waals surface area contributed by atoms with Crippen LogP contribution in [0, 0.1) is 12.8 Å². The smallest absolute Gasteiger partial charge is 0.225 e. The highest BCUT2D eigenvalue weighted by atomic mass is 15.3. The molecule has 2 aliphatic heterocycles. The van der Waals surface area contributed by atoms with Crippen LogP contribution in [0.4, 0.5) is 5.95 Å². The largest absolute Gasteiger partial charge is 0.341 e. The van der Waals surface area contributed by atoms with Crippen LogP contribution in [0.5, 0.6) is 0 Å². The summed E-state index contributed by atoms with van der Waals surface area (Å²) in [4.78, 5) is 14.5. The van der Waals surface area contributed by atoms with Crippen molar-refractivity contribution in [2.24, 2.45) is 11.7 Å². The zero-order valence-electron chi connectivity index (χ0n) is 13.3. The molecule has 0 saturated carbocycles. The number of piperidine rings is 1. The zero-order chi connectivity index (χ0) is 14.8. The van der Waals surface area contributed by atoms with Crippen LogP contribution in [0.2, 0.25) is 0 Å². The van der Waals surface area contributed by atoms with Crippen molar-refractivity contribution in [3.63, 3.8) is 0 Å². The van der Waals surface area contributed by atoms with Gasteiger partial charge in [-0.1, -0.05) is 6.92 Å². The maximum Gasteiger partial charge on any atom is 0.225 e. The number of rotatable bonds is 3. The second kappa shape index (κ2) is 6.28. The van der Waals surface area contributed by atoms with Gasteiger partial charge in [-0.15, -0.1) is 0 Å². The predicted octanol–water partition coefficient (Wildman–Crippen LogP) is 1.34. The minimum atomic E-state index is 0.679. The molecule has 0 spiro atoms. The van der Waals surface area contributed by atoms with E-state index in [9.17, 15) is 0 Å². The van der Waals surface area contributed by atoms with Crippen LogP contribution in [-0.4, -0.2) is 47.6 Å². The molecule has 1 aromatic heterocycles. The molecule has 1 fully saturated rings. The fraction of sp³-hybridized carbons (Fsp3) is 0.750. The quantitative estimate of drug-likeness (QED) is 0.910. The predicted molar refractivity (Wildman–Crippen MR) is 85.4 cm³/mol. The maximum absolute atomic E-state index is 5.77. The molecule has 0 bridgehead atoms. The van der Waals surface area contributed by atoms with Gasteiger partial charge in [-0.25, -0.2) is 9.97 Å². The van der Waals surface area contributed by atoms with Crippen LogP contribution >= 0.6 is 0 Å². The molecule has 2 N–H and O–H groups in total. The molecule has 5 heteroatoms. The lowest BCUT2D eigenvalue weighted by Gasteiger charge is -2.33. The number of anilines is 1. The monoisotopic (exact) mass is 289 g/mol. The first-order valence-electron chi connectivity index (χ1n) is 8.25. The molecule has 5 nitrogen and oxygen atoms in total. The van der Waals surface area contributed by atoms with Crippen molar-refractivity contribution in [1.29, 1.82) is 0 Å². The fourth-order valence-corrected chi connectivity index (χ4v) is 3.40. The second-order valence-corrected chi connectivity index (χ2v) is 6.32. The summed E-state index contributed by atoms with van der Waals surface area (Å²) in [6, 6.07) is 0. The van der Waals surface area contributed by atoms with Gasteiger partial charge in [0.1, 0.15) is 0 Å². The number of aromatic nitrogens is 2. The Labute approximate surface area is 127 Å². The molecule has 0 radical (unpaired) electrons. The van der Waals surface area contributed by atoms with E-state index in [2.05, 4.69) is 23.6 Å². The normalized spacial score (nSPS) is 20.6. The van der Waals surface area contributed by atoms with Crippen molar-refractivity contribution in [2.45, 2.75) is 39.7 Å². The minimum Gasteiger partial charge on any atom is -0.341 e. The standard InChI is InChI=1S/C16H27N5/c1-3-20-7-6-15-14(11-20)12(2)18-16(19-15)21-8-4-13(10-17)5-9-21/h13H,3-11,17H2,1-2H3. The molecular formula is C16H27N5. The van der Waals surface area contributed by atoms with E-state index in [1.807, 2.05) is 0 Å². The maximum atomic E-state index is 5.77. The van der Waals surface area contributed by atoms with E-state index in [0.717, 1.165) is 57.3 Å². The van der Waals surface area contributed by atoms with Crippen molar-refractivity contribution < 1.29 is 0 Å². The molecule has 116 valence electrons. The Kier molecular flexibility index (Phi) is 4.40. The summed E-state index contributed by atoms with van der Waals surface area (Å²) < 4.78 is 0. The van der Waals surface area contributed by atoms with Gasteiger partial charge in [-0.05, 0) is 38.8 Å².